The van der Waals surface area contributed by atoms with Crippen LogP contribution in [0.25, 0.3) is 0 Å². The Hall–Kier alpha value is -2.44. The van der Waals surface area contributed by atoms with Gasteiger partial charge in [-0.1, -0.05) is 12.1 Å². The minimum absolute atomic E-state index is 0.00183. The van der Waals surface area contributed by atoms with Gasteiger partial charge in [0.05, 0.1) is 10.6 Å². The van der Waals surface area contributed by atoms with Gasteiger partial charge in [0.15, 0.2) is 5.82 Å². The maximum Gasteiger partial charge on any atom is 0.292 e. The van der Waals surface area contributed by atoms with Gasteiger partial charge in [0.25, 0.3) is 5.69 Å². The Bertz CT molecular complexity index is 646. The van der Waals surface area contributed by atoms with E-state index in [1.807, 2.05) is 0 Å². The fraction of sp³-hybridized carbons (Fsp3) is 0.167. The lowest BCUT2D eigenvalue weighted by Crippen LogP contribution is -2.13. The molecular weight excluding hydrogens is 243 g/mol. The molecule has 6 nitrogen and oxygen atoms in total. The van der Waals surface area contributed by atoms with Crippen LogP contribution >= 0.6 is 0 Å². The van der Waals surface area contributed by atoms with Crippen molar-refractivity contribution in [1.82, 2.24) is 9.97 Å². The largest absolute Gasteiger partial charge is 0.333 e. The zero-order chi connectivity index (χ0) is 14.0. The van der Waals surface area contributed by atoms with Crippen LogP contribution in [0.4, 0.5) is 17.2 Å². The number of aryl methyl sites for hydroxylation is 2. The summed E-state index contributed by atoms with van der Waals surface area (Å²) < 4.78 is 0. The number of hydrogen-bond donors (Lipinski definition) is 1. The van der Waals surface area contributed by atoms with Crippen molar-refractivity contribution in [2.24, 2.45) is 0 Å². The molecule has 0 saturated carbocycles. The predicted octanol–water partition coefficient (Wildman–Crippen LogP) is 1.54. The van der Waals surface area contributed by atoms with E-state index in [0.717, 1.165) is 5.56 Å². The number of para-hydroxylation sites is 1. The van der Waals surface area contributed by atoms with Gasteiger partial charge in [-0.15, -0.1) is 0 Å². The third kappa shape index (κ3) is 2.70. The van der Waals surface area contributed by atoms with Crippen molar-refractivity contribution in [3.8, 4) is 0 Å². The van der Waals surface area contributed by atoms with Crippen LogP contribution in [0.3, 0.4) is 0 Å². The Morgan fingerprint density at radius 1 is 1.37 bits per heavy atom. The highest BCUT2D eigenvalue weighted by Crippen LogP contribution is 2.30. The molecule has 1 N–H and O–H groups in total. The molecule has 1 heterocycles. The first-order valence-corrected chi connectivity index (χ1v) is 5.59. The van der Waals surface area contributed by atoms with Crippen molar-refractivity contribution in [3.05, 3.63) is 45.8 Å². The van der Waals surface area contributed by atoms with Crippen LogP contribution in [0.2, 0.25) is 0 Å². The molecule has 0 aliphatic heterocycles. The summed E-state index contributed by atoms with van der Waals surface area (Å²) in [6.45, 7) is 3.52. The number of hydrogen-bond acceptors (Lipinski definition) is 5. The van der Waals surface area contributed by atoms with Gasteiger partial charge < -0.3 is 5.32 Å². The number of nitro groups is 1. The number of aromatic nitrogens is 2. The first kappa shape index (κ1) is 13.0. The van der Waals surface area contributed by atoms with Crippen LogP contribution in [0.5, 0.6) is 0 Å². The SMILES string of the molecule is [B]c1cnc(Nc2c(C)cccc2[N+](=O)[O-])c(C)n1. The van der Waals surface area contributed by atoms with Gasteiger partial charge in [0.2, 0.25) is 0 Å². The van der Waals surface area contributed by atoms with Gasteiger partial charge in [0, 0.05) is 17.9 Å². The third-order valence-corrected chi connectivity index (χ3v) is 2.66. The Balaban J connectivity index is 2.46. The Morgan fingerprint density at radius 3 is 2.74 bits per heavy atom. The molecule has 0 bridgehead atoms. The van der Waals surface area contributed by atoms with Crippen LogP contribution in [-0.4, -0.2) is 22.7 Å². The van der Waals surface area contributed by atoms with E-state index in [9.17, 15) is 10.1 Å². The summed E-state index contributed by atoms with van der Waals surface area (Å²) in [6.07, 6.45) is 1.40. The minimum Gasteiger partial charge on any atom is -0.333 e. The standard InChI is InChI=1S/C12H11BN4O2/c1-7-4-3-5-9(17(18)19)11(7)16-12-8(2)15-10(13)6-14-12/h3-6H,1-2H3,(H,14,16). The van der Waals surface area contributed by atoms with Crippen LogP contribution in [0, 0.1) is 24.0 Å². The zero-order valence-electron chi connectivity index (χ0n) is 10.5. The summed E-state index contributed by atoms with van der Waals surface area (Å²) in [6, 6.07) is 4.87. The maximum atomic E-state index is 11.0. The van der Waals surface area contributed by atoms with E-state index in [4.69, 9.17) is 7.85 Å². The molecule has 1 aromatic heterocycles. The molecule has 7 heteroatoms. The highest BCUT2D eigenvalue weighted by Gasteiger charge is 2.16. The molecule has 2 aromatic rings. The van der Waals surface area contributed by atoms with Gasteiger partial charge in [-0.3, -0.25) is 15.1 Å². The van der Waals surface area contributed by atoms with Gasteiger partial charge in [-0.05, 0) is 19.4 Å². The Kier molecular flexibility index (Phi) is 3.46. The maximum absolute atomic E-state index is 11.0. The van der Waals surface area contributed by atoms with Gasteiger partial charge in [0.1, 0.15) is 13.5 Å². The molecule has 0 unspecified atom stereocenters. The number of nitrogens with zero attached hydrogens (tertiary/aromatic N) is 3. The Labute approximate surface area is 111 Å². The van der Waals surface area contributed by atoms with Crippen molar-refractivity contribution < 1.29 is 4.92 Å². The van der Waals surface area contributed by atoms with Crippen LogP contribution < -0.4 is 10.9 Å². The summed E-state index contributed by atoms with van der Waals surface area (Å²) in [5.41, 5.74) is 2.06. The molecule has 0 amide bonds. The fourth-order valence-electron chi connectivity index (χ4n) is 1.71. The molecule has 0 aliphatic rings. The molecule has 0 atom stereocenters. The number of nitrogens with one attached hydrogen (secondary N) is 1. The number of nitro benzene ring substituents is 1. The van der Waals surface area contributed by atoms with E-state index < -0.39 is 4.92 Å². The molecular formula is C12H11BN4O2. The van der Waals surface area contributed by atoms with Gasteiger partial charge in [-0.2, -0.15) is 0 Å². The molecule has 2 rings (SSSR count). The molecule has 0 spiro atoms. The smallest absolute Gasteiger partial charge is 0.292 e. The number of rotatable bonds is 3. The summed E-state index contributed by atoms with van der Waals surface area (Å²) in [7, 11) is 5.52. The van der Waals surface area contributed by atoms with E-state index in [0.29, 0.717) is 22.8 Å². The van der Waals surface area contributed by atoms with E-state index >= 15 is 0 Å². The van der Waals surface area contributed by atoms with Crippen LogP contribution in [-0.2, 0) is 0 Å². The first-order chi connectivity index (χ1) is 8.99. The Morgan fingerprint density at radius 2 is 2.11 bits per heavy atom. The predicted molar refractivity (Wildman–Crippen MR) is 73.3 cm³/mol. The minimum atomic E-state index is -0.435. The lowest BCUT2D eigenvalue weighted by Gasteiger charge is -2.11. The average Bonchev–Trinajstić information content (AvgIpc) is 2.34. The van der Waals surface area contributed by atoms with Crippen molar-refractivity contribution in [2.45, 2.75) is 13.8 Å². The van der Waals surface area contributed by atoms with Crippen molar-refractivity contribution in [3.63, 3.8) is 0 Å². The summed E-state index contributed by atoms with van der Waals surface area (Å²) >= 11 is 0. The first-order valence-electron chi connectivity index (χ1n) is 5.59. The van der Waals surface area contributed by atoms with Crippen molar-refractivity contribution in [1.29, 1.82) is 0 Å². The molecule has 0 aliphatic carbocycles. The number of benzene rings is 1. The second kappa shape index (κ2) is 5.05. The fourth-order valence-corrected chi connectivity index (χ4v) is 1.71. The second-order valence-corrected chi connectivity index (χ2v) is 4.08. The van der Waals surface area contributed by atoms with E-state index in [-0.39, 0.29) is 5.69 Å². The normalized spacial score (nSPS) is 10.2. The van der Waals surface area contributed by atoms with Crippen LogP contribution in [0.1, 0.15) is 11.3 Å². The van der Waals surface area contributed by atoms with Crippen molar-refractivity contribution in [2.75, 3.05) is 5.32 Å². The topological polar surface area (TPSA) is 81.0 Å². The van der Waals surface area contributed by atoms with Gasteiger partial charge >= 0.3 is 0 Å². The monoisotopic (exact) mass is 254 g/mol. The average molecular weight is 254 g/mol. The quantitative estimate of drug-likeness (QED) is 0.510. The van der Waals surface area contributed by atoms with Crippen molar-refractivity contribution >= 4 is 30.6 Å². The van der Waals surface area contributed by atoms with Crippen LogP contribution in [0.15, 0.2) is 24.4 Å². The lowest BCUT2D eigenvalue weighted by molar-refractivity contribution is -0.384. The molecule has 94 valence electrons. The summed E-state index contributed by atoms with van der Waals surface area (Å²) in [5.74, 6) is 0.451. The highest BCUT2D eigenvalue weighted by molar-refractivity contribution is 6.30. The third-order valence-electron chi connectivity index (χ3n) is 2.66. The molecule has 0 fully saturated rings. The molecule has 1 aromatic carbocycles. The lowest BCUT2D eigenvalue weighted by atomic mass is 10.1. The van der Waals surface area contributed by atoms with E-state index in [2.05, 4.69) is 15.3 Å². The molecule has 0 saturated heterocycles. The summed E-state index contributed by atoms with van der Waals surface area (Å²) in [5, 5.41) is 14.0. The second-order valence-electron chi connectivity index (χ2n) is 4.08. The number of anilines is 2. The van der Waals surface area contributed by atoms with E-state index in [1.165, 1.54) is 12.3 Å². The van der Waals surface area contributed by atoms with Gasteiger partial charge in [-0.25, -0.2) is 4.98 Å². The highest BCUT2D eigenvalue weighted by atomic mass is 16.6. The molecule has 19 heavy (non-hydrogen) atoms. The van der Waals surface area contributed by atoms with E-state index in [1.54, 1.807) is 26.0 Å². The molecule has 2 radical (unpaired) electrons. The zero-order valence-corrected chi connectivity index (χ0v) is 10.5. The summed E-state index contributed by atoms with van der Waals surface area (Å²) in [4.78, 5) is 18.7.